The van der Waals surface area contributed by atoms with E-state index in [0.717, 1.165) is 14.9 Å². The van der Waals surface area contributed by atoms with Crippen LogP contribution in [0.15, 0.2) is 53.0 Å². The van der Waals surface area contributed by atoms with Crippen LogP contribution in [0.1, 0.15) is 22.3 Å². The van der Waals surface area contributed by atoms with Crippen molar-refractivity contribution in [1.82, 2.24) is 4.90 Å². The van der Waals surface area contributed by atoms with Crippen LogP contribution >= 0.6 is 15.9 Å². The Morgan fingerprint density at radius 3 is 2.58 bits per heavy atom. The van der Waals surface area contributed by atoms with Gasteiger partial charge in [0.1, 0.15) is 0 Å². The van der Waals surface area contributed by atoms with Crippen molar-refractivity contribution in [1.29, 1.82) is 0 Å². The maximum atomic E-state index is 12.4. The molecule has 122 valence electrons. The Bertz CT molecular complexity index is 819. The fraction of sp³-hybridized carbons (Fsp3) is 0.167. The van der Waals surface area contributed by atoms with Gasteiger partial charge in [-0.15, -0.1) is 0 Å². The average molecular weight is 387 g/mol. The second kappa shape index (κ2) is 6.97. The summed E-state index contributed by atoms with van der Waals surface area (Å²) in [5.41, 5.74) is 1.92. The van der Waals surface area contributed by atoms with Gasteiger partial charge in [0, 0.05) is 23.0 Å². The summed E-state index contributed by atoms with van der Waals surface area (Å²) in [5, 5.41) is 2.76. The number of hydrogen-bond acceptors (Lipinski definition) is 3. The summed E-state index contributed by atoms with van der Waals surface area (Å²) >= 11 is 3.36. The van der Waals surface area contributed by atoms with Gasteiger partial charge in [-0.3, -0.25) is 19.3 Å². The molecule has 0 aliphatic carbocycles. The predicted octanol–water partition coefficient (Wildman–Crippen LogP) is 3.00. The lowest BCUT2D eigenvalue weighted by atomic mass is 9.98. The molecule has 0 saturated heterocycles. The lowest BCUT2D eigenvalue weighted by molar-refractivity contribution is -0.128. The molecule has 0 aromatic heterocycles. The summed E-state index contributed by atoms with van der Waals surface area (Å²) in [4.78, 5) is 37.8. The van der Waals surface area contributed by atoms with Crippen LogP contribution in [0.2, 0.25) is 0 Å². The third kappa shape index (κ3) is 3.38. The third-order valence-electron chi connectivity index (χ3n) is 3.85. The highest BCUT2D eigenvalue weighted by Gasteiger charge is 2.30. The van der Waals surface area contributed by atoms with Gasteiger partial charge in [0.25, 0.3) is 5.91 Å². The minimum atomic E-state index is -0.337. The molecule has 5 nitrogen and oxygen atoms in total. The molecule has 6 heteroatoms. The lowest BCUT2D eigenvalue weighted by Gasteiger charge is -2.26. The molecule has 0 saturated carbocycles. The molecule has 2 aromatic rings. The van der Waals surface area contributed by atoms with Crippen LogP contribution in [0.4, 0.5) is 5.69 Å². The predicted molar refractivity (Wildman–Crippen MR) is 93.6 cm³/mol. The number of carbonyl (C=O) groups excluding carboxylic acids is 3. The van der Waals surface area contributed by atoms with Crippen molar-refractivity contribution in [2.45, 2.75) is 12.8 Å². The van der Waals surface area contributed by atoms with E-state index >= 15 is 0 Å². The molecule has 1 aliphatic heterocycles. The number of benzene rings is 2. The van der Waals surface area contributed by atoms with Crippen molar-refractivity contribution in [3.8, 4) is 0 Å². The van der Waals surface area contributed by atoms with E-state index < -0.39 is 0 Å². The van der Waals surface area contributed by atoms with E-state index in [1.54, 1.807) is 30.3 Å². The topological polar surface area (TPSA) is 66.5 Å². The third-order valence-corrected chi connectivity index (χ3v) is 4.54. The first-order valence-electron chi connectivity index (χ1n) is 7.53. The second-order valence-electron chi connectivity index (χ2n) is 5.46. The molecule has 2 aromatic carbocycles. The number of halogens is 1. The monoisotopic (exact) mass is 386 g/mol. The van der Waals surface area contributed by atoms with E-state index in [9.17, 15) is 14.4 Å². The highest BCUT2D eigenvalue weighted by atomic mass is 79.9. The molecule has 0 radical (unpaired) electrons. The number of fused-ring (bicyclic) bond motifs is 1. The molecule has 1 N–H and O–H groups in total. The molecular weight excluding hydrogens is 372 g/mol. The van der Waals surface area contributed by atoms with Crippen LogP contribution in [-0.2, 0) is 16.0 Å². The first-order chi connectivity index (χ1) is 11.6. The van der Waals surface area contributed by atoms with Crippen LogP contribution in [0.3, 0.4) is 0 Å². The van der Waals surface area contributed by atoms with Gasteiger partial charge in [-0.25, -0.2) is 0 Å². The van der Waals surface area contributed by atoms with Crippen LogP contribution < -0.4 is 5.32 Å². The van der Waals surface area contributed by atoms with Crippen LogP contribution in [0.5, 0.6) is 0 Å². The largest absolute Gasteiger partial charge is 0.325 e. The van der Waals surface area contributed by atoms with Gasteiger partial charge in [-0.05, 0) is 39.7 Å². The number of amides is 3. The fourth-order valence-corrected chi connectivity index (χ4v) is 3.00. The van der Waals surface area contributed by atoms with Crippen LogP contribution in [0, 0.1) is 0 Å². The van der Waals surface area contributed by atoms with Gasteiger partial charge in [-0.2, -0.15) is 0 Å². The maximum Gasteiger partial charge on any atom is 0.260 e. The van der Waals surface area contributed by atoms with Crippen molar-refractivity contribution in [3.05, 3.63) is 64.1 Å². The van der Waals surface area contributed by atoms with Gasteiger partial charge in [0.2, 0.25) is 11.8 Å². The first-order valence-corrected chi connectivity index (χ1v) is 8.32. The van der Waals surface area contributed by atoms with E-state index in [-0.39, 0.29) is 37.1 Å². The SMILES string of the molecule is O=C(CCN1C(=O)Cc2ccccc2C1=O)Nc1ccccc1Br. The molecular formula is C18H15BrN2O3. The number of anilines is 1. The van der Waals surface area contributed by atoms with Crippen molar-refractivity contribution < 1.29 is 14.4 Å². The second-order valence-corrected chi connectivity index (χ2v) is 6.32. The van der Waals surface area contributed by atoms with Crippen LogP contribution in [-0.4, -0.2) is 29.2 Å². The van der Waals surface area contributed by atoms with Gasteiger partial charge in [0.05, 0.1) is 12.1 Å². The zero-order valence-electron chi connectivity index (χ0n) is 12.8. The Hall–Kier alpha value is -2.47. The van der Waals surface area contributed by atoms with E-state index in [0.29, 0.717) is 11.3 Å². The maximum absolute atomic E-state index is 12.4. The summed E-state index contributed by atoms with van der Waals surface area (Å²) in [5.74, 6) is -0.857. The average Bonchev–Trinajstić information content (AvgIpc) is 2.57. The number of nitrogens with zero attached hydrogens (tertiary/aromatic N) is 1. The number of carbonyl (C=O) groups is 3. The molecule has 0 atom stereocenters. The highest BCUT2D eigenvalue weighted by Crippen LogP contribution is 2.22. The summed E-state index contributed by atoms with van der Waals surface area (Å²) in [6, 6.07) is 14.3. The molecule has 1 heterocycles. The lowest BCUT2D eigenvalue weighted by Crippen LogP contribution is -2.43. The quantitative estimate of drug-likeness (QED) is 0.821. The van der Waals surface area contributed by atoms with E-state index in [1.165, 1.54) is 0 Å². The van der Waals surface area contributed by atoms with Gasteiger partial charge in [-0.1, -0.05) is 30.3 Å². The van der Waals surface area contributed by atoms with Crippen LogP contribution in [0.25, 0.3) is 0 Å². The number of rotatable bonds is 4. The van der Waals surface area contributed by atoms with Crippen molar-refractivity contribution in [2.24, 2.45) is 0 Å². The van der Waals surface area contributed by atoms with Crippen molar-refractivity contribution in [3.63, 3.8) is 0 Å². The highest BCUT2D eigenvalue weighted by molar-refractivity contribution is 9.10. The summed E-state index contributed by atoms with van der Waals surface area (Å²) in [6.07, 6.45) is 0.245. The molecule has 0 unspecified atom stereocenters. The Labute approximate surface area is 147 Å². The molecule has 3 amide bonds. The molecule has 1 aliphatic rings. The molecule has 24 heavy (non-hydrogen) atoms. The minimum Gasteiger partial charge on any atom is -0.325 e. The zero-order valence-corrected chi connectivity index (χ0v) is 14.4. The standard InChI is InChI=1S/C18H15BrN2O3/c19-14-7-3-4-8-15(14)20-16(22)9-10-21-17(23)11-12-5-1-2-6-13(12)18(21)24/h1-8H,9-11H2,(H,20,22). The Balaban J connectivity index is 1.64. The number of imide groups is 1. The van der Waals surface area contributed by atoms with E-state index in [1.807, 2.05) is 18.2 Å². The minimum absolute atomic E-state index is 0.0565. The molecule has 0 fully saturated rings. The van der Waals surface area contributed by atoms with E-state index in [2.05, 4.69) is 21.2 Å². The number of nitrogens with one attached hydrogen (secondary N) is 1. The Kier molecular flexibility index (Phi) is 4.76. The summed E-state index contributed by atoms with van der Waals surface area (Å²) in [7, 11) is 0. The normalized spacial score (nSPS) is 13.6. The van der Waals surface area contributed by atoms with Gasteiger partial charge in [0.15, 0.2) is 0 Å². The fourth-order valence-electron chi connectivity index (χ4n) is 2.61. The number of para-hydroxylation sites is 1. The van der Waals surface area contributed by atoms with Gasteiger partial charge < -0.3 is 5.32 Å². The molecule has 0 spiro atoms. The zero-order chi connectivity index (χ0) is 17.1. The van der Waals surface area contributed by atoms with Gasteiger partial charge >= 0.3 is 0 Å². The Morgan fingerprint density at radius 2 is 1.79 bits per heavy atom. The first kappa shape index (κ1) is 16.4. The van der Waals surface area contributed by atoms with Crippen molar-refractivity contribution in [2.75, 3.05) is 11.9 Å². The summed E-state index contributed by atoms with van der Waals surface area (Å²) < 4.78 is 0.775. The summed E-state index contributed by atoms with van der Waals surface area (Å²) in [6.45, 7) is 0.0717. The number of hydrogen-bond donors (Lipinski definition) is 1. The van der Waals surface area contributed by atoms with Crippen molar-refractivity contribution >= 4 is 39.3 Å². The smallest absolute Gasteiger partial charge is 0.260 e. The molecule has 0 bridgehead atoms. The Morgan fingerprint density at radius 1 is 1.08 bits per heavy atom. The molecule has 3 rings (SSSR count). The van der Waals surface area contributed by atoms with E-state index in [4.69, 9.17) is 0 Å².